The second-order valence-electron chi connectivity index (χ2n) is 5.68. The molecule has 6 heteroatoms. The lowest BCUT2D eigenvalue weighted by atomic mass is 10.0. The number of aromatic nitrogens is 1. The van der Waals surface area contributed by atoms with Crippen LogP contribution in [-0.2, 0) is 4.74 Å². The van der Waals surface area contributed by atoms with Crippen molar-refractivity contribution < 1.29 is 18.7 Å². The van der Waals surface area contributed by atoms with Crippen LogP contribution in [0.5, 0.6) is 0 Å². The molecule has 4 nitrogen and oxygen atoms in total. The lowest BCUT2D eigenvalue weighted by Crippen LogP contribution is -2.25. The summed E-state index contributed by atoms with van der Waals surface area (Å²) in [6, 6.07) is 11.2. The standard InChI is InChI=1S/C19H15ClFNO3/c1-10-16(12-6-3-4-9-15(12)22-10)18(23)11(2)25-19(24)17-13(20)7-5-8-14(17)21/h3-9,11,22H,1-2H3/t11-/m0/s1. The van der Waals surface area contributed by atoms with Crippen molar-refractivity contribution in [3.05, 3.63) is 70.1 Å². The van der Waals surface area contributed by atoms with Crippen molar-refractivity contribution in [1.82, 2.24) is 4.98 Å². The Morgan fingerprint density at radius 2 is 1.84 bits per heavy atom. The number of esters is 1. The molecule has 1 heterocycles. The number of aromatic amines is 1. The number of aryl methyl sites for hydroxylation is 1. The van der Waals surface area contributed by atoms with Crippen LogP contribution in [0.1, 0.15) is 33.3 Å². The van der Waals surface area contributed by atoms with Crippen molar-refractivity contribution in [2.45, 2.75) is 20.0 Å². The van der Waals surface area contributed by atoms with Crippen LogP contribution in [0.25, 0.3) is 10.9 Å². The van der Waals surface area contributed by atoms with Crippen molar-refractivity contribution in [3.63, 3.8) is 0 Å². The van der Waals surface area contributed by atoms with Gasteiger partial charge in [0.25, 0.3) is 0 Å². The molecule has 0 unspecified atom stereocenters. The minimum atomic E-state index is -1.08. The number of carbonyl (C=O) groups is 2. The average Bonchev–Trinajstić information content (AvgIpc) is 2.89. The zero-order chi connectivity index (χ0) is 18.1. The van der Waals surface area contributed by atoms with E-state index in [2.05, 4.69) is 4.98 Å². The SMILES string of the molecule is Cc1[nH]c2ccccc2c1C(=O)[C@H](C)OC(=O)c1c(F)cccc1Cl. The van der Waals surface area contributed by atoms with Crippen LogP contribution in [0.15, 0.2) is 42.5 Å². The van der Waals surface area contributed by atoms with Crippen molar-refractivity contribution in [1.29, 1.82) is 0 Å². The molecule has 25 heavy (non-hydrogen) atoms. The molecule has 128 valence electrons. The number of hydrogen-bond donors (Lipinski definition) is 1. The highest BCUT2D eigenvalue weighted by Gasteiger charge is 2.26. The molecule has 0 fully saturated rings. The van der Waals surface area contributed by atoms with Crippen molar-refractivity contribution in [2.24, 2.45) is 0 Å². The van der Waals surface area contributed by atoms with Gasteiger partial charge in [-0.25, -0.2) is 9.18 Å². The molecule has 0 aliphatic rings. The van der Waals surface area contributed by atoms with Gasteiger partial charge in [0.05, 0.1) is 5.02 Å². The summed E-state index contributed by atoms with van der Waals surface area (Å²) in [4.78, 5) is 28.1. The van der Waals surface area contributed by atoms with Gasteiger partial charge < -0.3 is 9.72 Å². The minimum Gasteiger partial charge on any atom is -0.451 e. The summed E-state index contributed by atoms with van der Waals surface area (Å²) >= 11 is 5.86. The second-order valence-corrected chi connectivity index (χ2v) is 6.09. The molecule has 0 aliphatic carbocycles. The molecule has 0 aliphatic heterocycles. The van der Waals surface area contributed by atoms with Crippen molar-refractivity contribution in [2.75, 3.05) is 0 Å². The number of rotatable bonds is 4. The maximum Gasteiger partial charge on any atom is 0.343 e. The third-order valence-corrected chi connectivity index (χ3v) is 4.27. The highest BCUT2D eigenvalue weighted by molar-refractivity contribution is 6.33. The first-order chi connectivity index (χ1) is 11.9. The van der Waals surface area contributed by atoms with Gasteiger partial charge in [-0.05, 0) is 32.0 Å². The molecule has 1 atom stereocenters. The molecule has 1 N–H and O–H groups in total. The number of benzene rings is 2. The quantitative estimate of drug-likeness (QED) is 0.542. The van der Waals surface area contributed by atoms with E-state index in [-0.39, 0.29) is 16.4 Å². The Bertz CT molecular complexity index is 960. The summed E-state index contributed by atoms with van der Waals surface area (Å²) in [7, 11) is 0. The number of ketones is 1. The summed E-state index contributed by atoms with van der Waals surface area (Å²) < 4.78 is 19.0. The van der Waals surface area contributed by atoms with Crippen LogP contribution in [-0.4, -0.2) is 22.8 Å². The number of carbonyl (C=O) groups excluding carboxylic acids is 2. The van der Waals surface area contributed by atoms with Gasteiger partial charge in [-0.15, -0.1) is 0 Å². The van der Waals surface area contributed by atoms with Crippen molar-refractivity contribution in [3.8, 4) is 0 Å². The molecule has 0 spiro atoms. The van der Waals surface area contributed by atoms with E-state index >= 15 is 0 Å². The maximum atomic E-state index is 13.8. The number of H-pyrrole nitrogens is 1. The van der Waals surface area contributed by atoms with Crippen LogP contribution in [0.3, 0.4) is 0 Å². The van der Waals surface area contributed by atoms with Gasteiger partial charge in [0.15, 0.2) is 6.10 Å². The van der Waals surface area contributed by atoms with E-state index in [9.17, 15) is 14.0 Å². The van der Waals surface area contributed by atoms with E-state index in [4.69, 9.17) is 16.3 Å². The highest BCUT2D eigenvalue weighted by atomic mass is 35.5. The third kappa shape index (κ3) is 3.15. The number of Topliss-reactive ketones (excluding diaryl/α,β-unsaturated/α-hetero) is 1. The number of ether oxygens (including phenoxy) is 1. The fraction of sp³-hybridized carbons (Fsp3) is 0.158. The summed E-state index contributed by atoms with van der Waals surface area (Å²) in [6.45, 7) is 3.23. The Balaban J connectivity index is 1.88. The number of halogens is 2. The van der Waals surface area contributed by atoms with Gasteiger partial charge >= 0.3 is 5.97 Å². The molecule has 0 saturated carbocycles. The predicted molar refractivity (Wildman–Crippen MR) is 93.7 cm³/mol. The molecule has 3 rings (SSSR count). The first-order valence-electron chi connectivity index (χ1n) is 7.66. The fourth-order valence-electron chi connectivity index (χ4n) is 2.76. The molecule has 0 bridgehead atoms. The van der Waals surface area contributed by atoms with Gasteiger partial charge in [-0.1, -0.05) is 35.9 Å². The summed E-state index contributed by atoms with van der Waals surface area (Å²) in [5.41, 5.74) is 1.58. The molecule has 0 saturated heterocycles. The Labute approximate surface area is 148 Å². The third-order valence-electron chi connectivity index (χ3n) is 3.96. The van der Waals surface area contributed by atoms with E-state index in [0.717, 1.165) is 17.0 Å². The summed E-state index contributed by atoms with van der Waals surface area (Å²) in [6.07, 6.45) is -1.08. The van der Waals surface area contributed by atoms with E-state index in [1.165, 1.54) is 19.1 Å². The van der Waals surface area contributed by atoms with Gasteiger partial charge in [-0.3, -0.25) is 4.79 Å². The number of hydrogen-bond acceptors (Lipinski definition) is 3. The van der Waals surface area contributed by atoms with E-state index in [1.54, 1.807) is 6.92 Å². The van der Waals surface area contributed by atoms with Crippen LogP contribution in [0, 0.1) is 12.7 Å². The van der Waals surface area contributed by atoms with Crippen LogP contribution in [0.4, 0.5) is 4.39 Å². The highest BCUT2D eigenvalue weighted by Crippen LogP contribution is 2.25. The topological polar surface area (TPSA) is 59.2 Å². The smallest absolute Gasteiger partial charge is 0.343 e. The lowest BCUT2D eigenvalue weighted by molar-refractivity contribution is 0.0315. The first kappa shape index (κ1) is 17.2. The van der Waals surface area contributed by atoms with Crippen LogP contribution in [0.2, 0.25) is 5.02 Å². The summed E-state index contributed by atoms with van der Waals surface area (Å²) in [5, 5.41) is 0.685. The van der Waals surface area contributed by atoms with Gasteiger partial charge in [-0.2, -0.15) is 0 Å². The zero-order valence-electron chi connectivity index (χ0n) is 13.6. The Morgan fingerprint density at radius 1 is 1.12 bits per heavy atom. The van der Waals surface area contributed by atoms with E-state index in [1.807, 2.05) is 24.3 Å². The summed E-state index contributed by atoms with van der Waals surface area (Å²) in [5.74, 6) is -2.13. The maximum absolute atomic E-state index is 13.8. The predicted octanol–water partition coefficient (Wildman–Crippen LogP) is 4.70. The van der Waals surface area contributed by atoms with Gasteiger partial charge in [0, 0.05) is 22.2 Å². The lowest BCUT2D eigenvalue weighted by Gasteiger charge is -2.13. The Morgan fingerprint density at radius 3 is 2.56 bits per heavy atom. The molecular formula is C19H15ClFNO3. The number of fused-ring (bicyclic) bond motifs is 1. The number of para-hydroxylation sites is 1. The molecule has 0 radical (unpaired) electrons. The van der Waals surface area contributed by atoms with Crippen molar-refractivity contribution >= 4 is 34.3 Å². The molecule has 2 aromatic carbocycles. The average molecular weight is 360 g/mol. The molecule has 0 amide bonds. The largest absolute Gasteiger partial charge is 0.451 e. The van der Waals surface area contributed by atoms with Gasteiger partial charge in [0.1, 0.15) is 11.4 Å². The molecule has 1 aromatic heterocycles. The first-order valence-corrected chi connectivity index (χ1v) is 8.04. The number of nitrogens with one attached hydrogen (secondary N) is 1. The minimum absolute atomic E-state index is 0.0621. The Kier molecular flexibility index (Phi) is 4.59. The fourth-order valence-corrected chi connectivity index (χ4v) is 3.00. The van der Waals surface area contributed by atoms with Gasteiger partial charge in [0.2, 0.25) is 5.78 Å². The van der Waals surface area contributed by atoms with Crippen LogP contribution >= 0.6 is 11.6 Å². The van der Waals surface area contributed by atoms with E-state index in [0.29, 0.717) is 11.3 Å². The second kappa shape index (κ2) is 6.69. The molecular weight excluding hydrogens is 345 g/mol. The molecule has 3 aromatic rings. The van der Waals surface area contributed by atoms with E-state index < -0.39 is 17.9 Å². The zero-order valence-corrected chi connectivity index (χ0v) is 14.4. The normalized spacial score (nSPS) is 12.2. The Hall–Kier alpha value is -2.66. The van der Waals surface area contributed by atoms with Crippen LogP contribution < -0.4 is 0 Å². The monoisotopic (exact) mass is 359 g/mol.